The van der Waals surface area contributed by atoms with Gasteiger partial charge in [0.2, 0.25) is 10.0 Å². The van der Waals surface area contributed by atoms with Crippen molar-refractivity contribution in [1.29, 1.82) is 0 Å². The number of aryl methyl sites for hydroxylation is 2. The molecular weight excluding hydrogens is 460 g/mol. The molecule has 1 saturated heterocycles. The van der Waals surface area contributed by atoms with Gasteiger partial charge in [-0.05, 0) is 43.2 Å². The van der Waals surface area contributed by atoms with Crippen LogP contribution in [0.15, 0.2) is 51.7 Å². The van der Waals surface area contributed by atoms with Crippen molar-refractivity contribution >= 4 is 21.4 Å². The Labute approximate surface area is 197 Å². The number of pyridine rings is 2. The van der Waals surface area contributed by atoms with E-state index >= 15 is 0 Å². The van der Waals surface area contributed by atoms with Gasteiger partial charge in [0.15, 0.2) is 0 Å². The minimum absolute atomic E-state index is 0.102. The van der Waals surface area contributed by atoms with Gasteiger partial charge in [0.1, 0.15) is 4.21 Å². The summed E-state index contributed by atoms with van der Waals surface area (Å²) in [6, 6.07) is 8.95. The molecule has 1 unspecified atom stereocenters. The lowest BCUT2D eigenvalue weighted by atomic mass is 10.1. The number of H-pyrrole nitrogens is 1. The van der Waals surface area contributed by atoms with Gasteiger partial charge >= 0.3 is 0 Å². The highest BCUT2D eigenvalue weighted by Crippen LogP contribution is 2.32. The van der Waals surface area contributed by atoms with Crippen molar-refractivity contribution in [2.45, 2.75) is 30.5 Å². The van der Waals surface area contributed by atoms with Gasteiger partial charge in [-0.25, -0.2) is 13.1 Å². The molecule has 1 aliphatic rings. The third kappa shape index (κ3) is 5.42. The number of sulfonamides is 1. The fourth-order valence-corrected chi connectivity index (χ4v) is 6.44. The molecule has 33 heavy (non-hydrogen) atoms. The van der Waals surface area contributed by atoms with Crippen molar-refractivity contribution in [1.82, 2.24) is 19.6 Å². The molecule has 0 radical (unpaired) electrons. The van der Waals surface area contributed by atoms with Gasteiger partial charge in [-0.1, -0.05) is 13.0 Å². The third-order valence-corrected chi connectivity index (χ3v) is 8.86. The first-order valence-electron chi connectivity index (χ1n) is 10.9. The van der Waals surface area contributed by atoms with Crippen LogP contribution in [0.2, 0.25) is 0 Å². The van der Waals surface area contributed by atoms with Crippen LogP contribution in [-0.4, -0.2) is 56.1 Å². The normalized spacial score (nSPS) is 16.1. The summed E-state index contributed by atoms with van der Waals surface area (Å²) in [5.41, 5.74) is 3.11. The second-order valence-corrected chi connectivity index (χ2v) is 11.0. The van der Waals surface area contributed by atoms with Crippen molar-refractivity contribution < 1.29 is 13.2 Å². The summed E-state index contributed by atoms with van der Waals surface area (Å²) in [6.07, 6.45) is 4.10. The number of nitrogens with one attached hydrogen (secondary N) is 2. The molecule has 0 bridgehead atoms. The van der Waals surface area contributed by atoms with E-state index in [4.69, 9.17) is 4.74 Å². The Hall–Kier alpha value is -2.37. The minimum Gasteiger partial charge on any atom is -0.379 e. The molecular formula is C23H28N4O4S2. The Morgan fingerprint density at radius 3 is 2.76 bits per heavy atom. The number of thiophene rings is 1. The van der Waals surface area contributed by atoms with E-state index in [0.29, 0.717) is 25.2 Å². The van der Waals surface area contributed by atoms with E-state index in [9.17, 15) is 13.2 Å². The van der Waals surface area contributed by atoms with Gasteiger partial charge < -0.3 is 9.72 Å². The quantitative estimate of drug-likeness (QED) is 0.505. The Bertz CT molecular complexity index is 1250. The first kappa shape index (κ1) is 23.8. The molecule has 0 aliphatic carbocycles. The Morgan fingerprint density at radius 1 is 1.27 bits per heavy atom. The molecule has 1 aliphatic heterocycles. The van der Waals surface area contributed by atoms with Gasteiger partial charge in [-0.2, -0.15) is 0 Å². The topological polar surface area (TPSA) is 104 Å². The van der Waals surface area contributed by atoms with Crippen LogP contribution in [0.1, 0.15) is 29.8 Å². The van der Waals surface area contributed by atoms with E-state index in [1.807, 2.05) is 32.0 Å². The summed E-state index contributed by atoms with van der Waals surface area (Å²) >= 11 is 1.20. The lowest BCUT2D eigenvalue weighted by molar-refractivity contribution is 0.0171. The lowest BCUT2D eigenvalue weighted by Crippen LogP contribution is -2.43. The molecule has 10 heteroatoms. The zero-order valence-corrected chi connectivity index (χ0v) is 20.3. The largest absolute Gasteiger partial charge is 0.379 e. The number of hydrogen-bond acceptors (Lipinski definition) is 7. The van der Waals surface area contributed by atoms with Crippen LogP contribution in [0.4, 0.5) is 0 Å². The predicted molar refractivity (Wildman–Crippen MR) is 129 cm³/mol. The molecule has 3 aromatic rings. The molecule has 0 saturated carbocycles. The summed E-state index contributed by atoms with van der Waals surface area (Å²) < 4.78 is 34.8. The Kier molecular flexibility index (Phi) is 7.40. The molecule has 2 N–H and O–H groups in total. The fourth-order valence-electron chi connectivity index (χ4n) is 3.97. The van der Waals surface area contributed by atoms with Crippen LogP contribution in [-0.2, 0) is 21.2 Å². The van der Waals surface area contributed by atoms with E-state index < -0.39 is 10.0 Å². The van der Waals surface area contributed by atoms with E-state index in [0.717, 1.165) is 34.8 Å². The van der Waals surface area contributed by atoms with Gasteiger partial charge in [0.25, 0.3) is 5.56 Å². The lowest BCUT2D eigenvalue weighted by Gasteiger charge is -2.34. The second-order valence-electron chi connectivity index (χ2n) is 7.94. The molecule has 0 amide bonds. The fraction of sp³-hybridized carbons (Fsp3) is 0.391. The number of nitrogens with zero attached hydrogens (tertiary/aromatic N) is 2. The monoisotopic (exact) mass is 488 g/mol. The van der Waals surface area contributed by atoms with Crippen molar-refractivity contribution in [3.63, 3.8) is 0 Å². The average molecular weight is 489 g/mol. The van der Waals surface area contributed by atoms with Gasteiger partial charge in [0, 0.05) is 53.7 Å². The number of morpholine rings is 1. The van der Waals surface area contributed by atoms with Crippen LogP contribution >= 0.6 is 11.3 Å². The summed E-state index contributed by atoms with van der Waals surface area (Å²) in [6.45, 7) is 6.69. The van der Waals surface area contributed by atoms with Crippen molar-refractivity contribution in [3.8, 4) is 10.4 Å². The summed E-state index contributed by atoms with van der Waals surface area (Å²) in [4.78, 5) is 22.1. The van der Waals surface area contributed by atoms with Crippen LogP contribution in [0.25, 0.3) is 10.4 Å². The highest BCUT2D eigenvalue weighted by Gasteiger charge is 2.26. The maximum Gasteiger partial charge on any atom is 0.251 e. The summed E-state index contributed by atoms with van der Waals surface area (Å²) in [5, 5.41) is 0. The number of ether oxygens (including phenoxy) is 1. The maximum absolute atomic E-state index is 13.1. The predicted octanol–water partition coefficient (Wildman–Crippen LogP) is 2.72. The number of aromatic amines is 1. The molecule has 1 fully saturated rings. The smallest absolute Gasteiger partial charge is 0.251 e. The highest BCUT2D eigenvalue weighted by atomic mass is 32.2. The minimum atomic E-state index is -3.71. The van der Waals surface area contributed by atoms with E-state index in [1.165, 1.54) is 11.3 Å². The average Bonchev–Trinajstić information content (AvgIpc) is 3.32. The first-order valence-corrected chi connectivity index (χ1v) is 13.2. The van der Waals surface area contributed by atoms with E-state index in [-0.39, 0.29) is 22.4 Å². The van der Waals surface area contributed by atoms with Crippen molar-refractivity contribution in [3.05, 3.63) is 69.9 Å². The number of rotatable bonds is 8. The Balaban J connectivity index is 1.55. The number of hydrogen-bond donors (Lipinski definition) is 2. The highest BCUT2D eigenvalue weighted by molar-refractivity contribution is 7.91. The second kappa shape index (κ2) is 10.3. The summed E-state index contributed by atoms with van der Waals surface area (Å²) in [7, 11) is -3.71. The van der Waals surface area contributed by atoms with Crippen LogP contribution in [0, 0.1) is 6.92 Å². The molecule has 0 aromatic carbocycles. The molecule has 0 spiro atoms. The molecule has 3 aromatic heterocycles. The van der Waals surface area contributed by atoms with Crippen molar-refractivity contribution in [2.24, 2.45) is 0 Å². The van der Waals surface area contributed by atoms with Crippen molar-refractivity contribution in [2.75, 3.05) is 32.8 Å². The number of aromatic nitrogens is 2. The Morgan fingerprint density at radius 2 is 2.06 bits per heavy atom. The van der Waals surface area contributed by atoms with Crippen LogP contribution in [0.3, 0.4) is 0 Å². The zero-order valence-electron chi connectivity index (χ0n) is 18.7. The van der Waals surface area contributed by atoms with Gasteiger partial charge in [-0.3, -0.25) is 14.7 Å². The van der Waals surface area contributed by atoms with Crippen LogP contribution < -0.4 is 10.3 Å². The van der Waals surface area contributed by atoms with E-state index in [2.05, 4.69) is 19.6 Å². The SMILES string of the molecule is CCc1cc(-c2ccc(S(=O)(=O)NCC(c3cccnc3)N3CCOCC3)s2)c(C)[nH]c1=O. The molecule has 4 heterocycles. The van der Waals surface area contributed by atoms with Gasteiger partial charge in [-0.15, -0.1) is 11.3 Å². The molecule has 8 nitrogen and oxygen atoms in total. The van der Waals surface area contributed by atoms with E-state index in [1.54, 1.807) is 24.5 Å². The maximum atomic E-state index is 13.1. The first-order chi connectivity index (χ1) is 15.9. The molecule has 1 atom stereocenters. The van der Waals surface area contributed by atoms with Crippen LogP contribution in [0.5, 0.6) is 0 Å². The standard InChI is InChI=1S/C23H28N4O4S2/c1-3-17-13-19(16(2)26-23(17)28)21-6-7-22(32-21)33(29,30)25-15-20(18-5-4-8-24-14-18)27-9-11-31-12-10-27/h4-8,13-14,20,25H,3,9-12,15H2,1-2H3,(H,26,28). The third-order valence-electron chi connectivity index (χ3n) is 5.83. The molecule has 176 valence electrons. The zero-order chi connectivity index (χ0) is 23.4. The van der Waals surface area contributed by atoms with Gasteiger partial charge in [0.05, 0.1) is 19.3 Å². The summed E-state index contributed by atoms with van der Waals surface area (Å²) in [5.74, 6) is 0. The molecule has 4 rings (SSSR count).